The van der Waals surface area contributed by atoms with Crippen molar-refractivity contribution in [1.29, 1.82) is 0 Å². The highest BCUT2D eigenvalue weighted by Crippen LogP contribution is 2.32. The molecule has 148 valence electrons. The molecule has 8 heteroatoms. The second kappa shape index (κ2) is 8.71. The zero-order chi connectivity index (χ0) is 20.3. The van der Waals surface area contributed by atoms with E-state index in [2.05, 4.69) is 10.6 Å². The summed E-state index contributed by atoms with van der Waals surface area (Å²) in [6, 6.07) is 2.66. The van der Waals surface area contributed by atoms with E-state index in [1.54, 1.807) is 32.2 Å². The minimum atomic E-state index is -1.11. The van der Waals surface area contributed by atoms with Crippen molar-refractivity contribution in [1.82, 2.24) is 15.5 Å². The van der Waals surface area contributed by atoms with E-state index in [1.807, 2.05) is 13.8 Å². The number of aliphatic carboxylic acids is 1. The minimum Gasteiger partial charge on any atom is -0.479 e. The Bertz CT molecular complexity index is 738. The van der Waals surface area contributed by atoms with Crippen molar-refractivity contribution in [3.05, 3.63) is 34.3 Å². The number of hydrogen-bond acceptors (Lipinski definition) is 4. The number of rotatable bonds is 6. The van der Waals surface area contributed by atoms with E-state index in [0.29, 0.717) is 17.0 Å². The van der Waals surface area contributed by atoms with Crippen LogP contribution < -0.4 is 10.6 Å². The lowest BCUT2D eigenvalue weighted by molar-refractivity contribution is -0.153. The maximum absolute atomic E-state index is 13.2. The Morgan fingerprint density at radius 1 is 1.26 bits per heavy atom. The molecule has 3 atom stereocenters. The molecule has 0 fully saturated rings. The monoisotopic (exact) mass is 395 g/mol. The number of fused-ring (bicyclic) bond motifs is 1. The Balaban J connectivity index is 2.33. The lowest BCUT2D eigenvalue weighted by atomic mass is 9.91. The second-order valence-corrected chi connectivity index (χ2v) is 7.54. The highest BCUT2D eigenvalue weighted by Gasteiger charge is 2.40. The van der Waals surface area contributed by atoms with Gasteiger partial charge in [-0.15, -0.1) is 0 Å². The molecule has 0 saturated heterocycles. The molecule has 0 radical (unpaired) electrons. The van der Waals surface area contributed by atoms with Gasteiger partial charge in [0.15, 0.2) is 6.04 Å². The second-order valence-electron chi connectivity index (χ2n) is 7.11. The summed E-state index contributed by atoms with van der Waals surface area (Å²) in [4.78, 5) is 38.7. The van der Waals surface area contributed by atoms with Crippen LogP contribution in [0.4, 0.5) is 0 Å². The van der Waals surface area contributed by atoms with Gasteiger partial charge in [0.05, 0.1) is 6.04 Å². The third-order valence-corrected chi connectivity index (χ3v) is 5.14. The third kappa shape index (κ3) is 4.59. The smallest absolute Gasteiger partial charge is 0.331 e. The molecule has 2 amide bonds. The van der Waals surface area contributed by atoms with Crippen LogP contribution in [0, 0.1) is 5.92 Å². The molecule has 1 aromatic rings. The van der Waals surface area contributed by atoms with E-state index in [4.69, 9.17) is 11.6 Å². The summed E-state index contributed by atoms with van der Waals surface area (Å²) in [6.07, 6.45) is 0.511. The molecule has 1 aliphatic rings. The number of halogens is 1. The largest absolute Gasteiger partial charge is 0.479 e. The van der Waals surface area contributed by atoms with E-state index < -0.39 is 30.0 Å². The Hall–Kier alpha value is -2.12. The van der Waals surface area contributed by atoms with Crippen molar-refractivity contribution in [3.8, 4) is 0 Å². The normalized spacial score (nSPS) is 18.6. The van der Waals surface area contributed by atoms with Gasteiger partial charge < -0.3 is 20.6 Å². The van der Waals surface area contributed by atoms with Crippen LogP contribution in [0.2, 0.25) is 5.02 Å². The van der Waals surface area contributed by atoms with Crippen LogP contribution in [-0.2, 0) is 20.8 Å². The van der Waals surface area contributed by atoms with Gasteiger partial charge in [0.1, 0.15) is 6.04 Å². The number of nitrogens with zero attached hydrogens (tertiary/aromatic N) is 1. The molecule has 27 heavy (non-hydrogen) atoms. The number of carboxylic acid groups (broad SMARTS) is 1. The van der Waals surface area contributed by atoms with E-state index in [9.17, 15) is 19.5 Å². The van der Waals surface area contributed by atoms with Gasteiger partial charge in [-0.3, -0.25) is 9.59 Å². The van der Waals surface area contributed by atoms with Gasteiger partial charge in [-0.1, -0.05) is 31.5 Å². The average Bonchev–Trinajstić information content (AvgIpc) is 2.62. The fourth-order valence-electron chi connectivity index (χ4n) is 3.20. The number of carbonyl (C=O) groups excluding carboxylic acids is 2. The lowest BCUT2D eigenvalue weighted by Crippen LogP contribution is -2.56. The van der Waals surface area contributed by atoms with Crippen LogP contribution in [-0.4, -0.2) is 53.5 Å². The van der Waals surface area contributed by atoms with Crippen LogP contribution in [0.15, 0.2) is 18.2 Å². The Labute approximate surface area is 164 Å². The summed E-state index contributed by atoms with van der Waals surface area (Å²) < 4.78 is 0. The summed E-state index contributed by atoms with van der Waals surface area (Å²) in [5.74, 6) is -1.99. The van der Waals surface area contributed by atoms with E-state index in [0.717, 1.165) is 5.56 Å². The van der Waals surface area contributed by atoms with Gasteiger partial charge in [-0.2, -0.15) is 0 Å². The average molecular weight is 396 g/mol. The van der Waals surface area contributed by atoms with Crippen LogP contribution in [0.5, 0.6) is 0 Å². The maximum Gasteiger partial charge on any atom is 0.331 e. The molecule has 1 aromatic carbocycles. The molecular weight excluding hydrogens is 370 g/mol. The van der Waals surface area contributed by atoms with E-state index in [-0.39, 0.29) is 18.4 Å². The molecule has 0 aliphatic carbocycles. The first-order valence-corrected chi connectivity index (χ1v) is 9.34. The summed E-state index contributed by atoms with van der Waals surface area (Å²) in [6.45, 7) is 5.59. The van der Waals surface area contributed by atoms with E-state index in [1.165, 1.54) is 4.90 Å². The molecule has 0 aromatic heterocycles. The number of carboxylic acids is 1. The fraction of sp³-hybridized carbons (Fsp3) is 0.526. The zero-order valence-corrected chi connectivity index (χ0v) is 16.7. The van der Waals surface area contributed by atoms with Crippen LogP contribution in [0.1, 0.15) is 37.9 Å². The van der Waals surface area contributed by atoms with Gasteiger partial charge in [0.2, 0.25) is 11.8 Å². The SMILES string of the molecule is CN[C@@H](C)C(=O)N[C@H](C(=O)N1CCc2cc(Cl)ccc2C1C(=O)O)C(C)C. The topological polar surface area (TPSA) is 98.7 Å². The molecule has 3 N–H and O–H groups in total. The summed E-state index contributed by atoms with van der Waals surface area (Å²) >= 11 is 6.01. The first-order valence-electron chi connectivity index (χ1n) is 8.96. The van der Waals surface area contributed by atoms with Gasteiger partial charge in [-0.05, 0) is 49.6 Å². The molecule has 0 spiro atoms. The number of amides is 2. The van der Waals surface area contributed by atoms with Crippen LogP contribution in [0.3, 0.4) is 0 Å². The molecule has 0 saturated carbocycles. The fourth-order valence-corrected chi connectivity index (χ4v) is 3.40. The molecule has 1 heterocycles. The number of nitrogens with one attached hydrogen (secondary N) is 2. The number of carbonyl (C=O) groups is 3. The number of hydrogen-bond donors (Lipinski definition) is 3. The first kappa shape index (κ1) is 21.2. The standard InChI is InChI=1S/C19H26ClN3O4/c1-10(2)15(22-17(24)11(3)21-4)18(25)23-8-7-12-9-13(20)5-6-14(12)16(23)19(26)27/h5-6,9-11,15-16,21H,7-8H2,1-4H3,(H,22,24)(H,26,27)/t11-,15-,16?/m0/s1. The van der Waals surface area contributed by atoms with Crippen LogP contribution >= 0.6 is 11.6 Å². The van der Waals surface area contributed by atoms with Gasteiger partial charge in [-0.25, -0.2) is 4.79 Å². The van der Waals surface area contributed by atoms with Crippen molar-refractivity contribution in [2.75, 3.05) is 13.6 Å². The van der Waals surface area contributed by atoms with Crippen molar-refractivity contribution in [3.63, 3.8) is 0 Å². The predicted octanol–water partition coefficient (Wildman–Crippen LogP) is 1.60. The van der Waals surface area contributed by atoms with Gasteiger partial charge in [0.25, 0.3) is 0 Å². The summed E-state index contributed by atoms with van der Waals surface area (Å²) in [5, 5.41) is 15.9. The Kier molecular flexibility index (Phi) is 6.84. The molecule has 1 aliphatic heterocycles. The number of benzene rings is 1. The van der Waals surface area contributed by atoms with Crippen molar-refractivity contribution in [2.45, 2.75) is 45.3 Å². The Morgan fingerprint density at radius 3 is 2.48 bits per heavy atom. The number of likely N-dealkylation sites (N-methyl/N-ethyl adjacent to an activating group) is 1. The summed E-state index contributed by atoms with van der Waals surface area (Å²) in [7, 11) is 1.66. The molecular formula is C19H26ClN3O4. The first-order chi connectivity index (χ1) is 12.7. The molecule has 1 unspecified atom stereocenters. The predicted molar refractivity (Wildman–Crippen MR) is 103 cm³/mol. The Morgan fingerprint density at radius 2 is 1.93 bits per heavy atom. The highest BCUT2D eigenvalue weighted by molar-refractivity contribution is 6.30. The summed E-state index contributed by atoms with van der Waals surface area (Å²) in [5.41, 5.74) is 1.39. The van der Waals surface area contributed by atoms with Gasteiger partial charge >= 0.3 is 5.97 Å². The van der Waals surface area contributed by atoms with Gasteiger partial charge in [0, 0.05) is 11.6 Å². The van der Waals surface area contributed by atoms with Crippen LogP contribution in [0.25, 0.3) is 0 Å². The molecule has 2 rings (SSSR count). The maximum atomic E-state index is 13.2. The zero-order valence-electron chi connectivity index (χ0n) is 16.0. The quantitative estimate of drug-likeness (QED) is 0.679. The highest BCUT2D eigenvalue weighted by atomic mass is 35.5. The lowest BCUT2D eigenvalue weighted by Gasteiger charge is -2.38. The molecule has 0 bridgehead atoms. The van der Waals surface area contributed by atoms with Crippen molar-refractivity contribution in [2.24, 2.45) is 5.92 Å². The van der Waals surface area contributed by atoms with Crippen molar-refractivity contribution < 1.29 is 19.5 Å². The van der Waals surface area contributed by atoms with E-state index >= 15 is 0 Å². The minimum absolute atomic E-state index is 0.188. The van der Waals surface area contributed by atoms with Crippen molar-refractivity contribution >= 4 is 29.4 Å². The molecule has 7 nitrogen and oxygen atoms in total. The third-order valence-electron chi connectivity index (χ3n) is 4.91.